The molecule has 100 valence electrons. The quantitative estimate of drug-likeness (QED) is 0.797. The van der Waals surface area contributed by atoms with Crippen LogP contribution in [0.15, 0.2) is 28.8 Å². The van der Waals surface area contributed by atoms with Crippen molar-refractivity contribution in [3.05, 3.63) is 41.1 Å². The smallest absolute Gasteiger partial charge is 0.355 e. The average Bonchev–Trinajstić information content (AvgIpc) is 2.80. The Labute approximate surface area is 107 Å². The molecule has 2 rings (SSSR count). The van der Waals surface area contributed by atoms with Crippen molar-refractivity contribution in [2.75, 3.05) is 0 Å². The molecule has 1 aromatic carbocycles. The molecule has 0 aliphatic carbocycles. The zero-order valence-corrected chi connectivity index (χ0v) is 9.99. The zero-order valence-electron chi connectivity index (χ0n) is 9.99. The minimum Gasteiger partial charge on any atom is -0.355 e. The highest BCUT2D eigenvalue weighted by Gasteiger charge is 2.30. The summed E-state index contributed by atoms with van der Waals surface area (Å²) in [5, 5.41) is 3.72. The van der Waals surface area contributed by atoms with Gasteiger partial charge in [0.05, 0.1) is 16.8 Å². The van der Waals surface area contributed by atoms with Gasteiger partial charge in [-0.3, -0.25) is 4.79 Å². The molecule has 3 nitrogen and oxygen atoms in total. The molecular formula is C13H10F3NO2. The number of halogens is 3. The van der Waals surface area contributed by atoms with Crippen LogP contribution in [0.5, 0.6) is 0 Å². The van der Waals surface area contributed by atoms with Gasteiger partial charge in [0.1, 0.15) is 0 Å². The predicted octanol–water partition coefficient (Wildman–Crippen LogP) is 3.74. The maximum atomic E-state index is 12.4. The molecule has 0 radical (unpaired) electrons. The van der Waals surface area contributed by atoms with Gasteiger partial charge in [-0.15, -0.1) is 0 Å². The van der Waals surface area contributed by atoms with Crippen molar-refractivity contribution in [3.8, 4) is 11.3 Å². The Morgan fingerprint density at radius 3 is 2.37 bits per heavy atom. The lowest BCUT2D eigenvalue weighted by Crippen LogP contribution is -2.04. The Bertz CT molecular complexity index is 585. The third kappa shape index (κ3) is 2.52. The second-order valence-corrected chi connectivity index (χ2v) is 3.92. The summed E-state index contributed by atoms with van der Waals surface area (Å²) < 4.78 is 42.3. The standard InChI is InChI=1S/C13H10F3NO2/c1-2-11-10(7-18)12(19-17-11)8-3-5-9(6-4-8)13(14,15)16/h3-7H,2H2,1H3. The van der Waals surface area contributed by atoms with E-state index in [-0.39, 0.29) is 11.3 Å². The van der Waals surface area contributed by atoms with Crippen LogP contribution in [0.2, 0.25) is 0 Å². The van der Waals surface area contributed by atoms with Crippen molar-refractivity contribution in [1.82, 2.24) is 5.16 Å². The molecule has 0 bridgehead atoms. The third-order valence-electron chi connectivity index (χ3n) is 2.73. The number of alkyl halides is 3. The molecule has 0 spiro atoms. The number of aldehydes is 1. The maximum Gasteiger partial charge on any atom is 0.416 e. The Morgan fingerprint density at radius 1 is 1.26 bits per heavy atom. The highest BCUT2D eigenvalue weighted by Crippen LogP contribution is 2.32. The summed E-state index contributed by atoms with van der Waals surface area (Å²) in [7, 11) is 0. The molecule has 0 aliphatic rings. The summed E-state index contributed by atoms with van der Waals surface area (Å²) in [5.74, 6) is 0.195. The Balaban J connectivity index is 2.43. The monoisotopic (exact) mass is 269 g/mol. The summed E-state index contributed by atoms with van der Waals surface area (Å²) >= 11 is 0. The first kappa shape index (κ1) is 13.3. The van der Waals surface area contributed by atoms with Crippen molar-refractivity contribution in [3.63, 3.8) is 0 Å². The Hall–Kier alpha value is -2.11. The van der Waals surface area contributed by atoms with Crippen molar-refractivity contribution < 1.29 is 22.5 Å². The highest BCUT2D eigenvalue weighted by molar-refractivity contribution is 5.86. The van der Waals surface area contributed by atoms with Crippen LogP contribution in [0, 0.1) is 0 Å². The van der Waals surface area contributed by atoms with Crippen molar-refractivity contribution in [1.29, 1.82) is 0 Å². The minimum absolute atomic E-state index is 0.195. The first-order valence-electron chi connectivity index (χ1n) is 5.58. The van der Waals surface area contributed by atoms with E-state index in [4.69, 9.17) is 4.52 Å². The molecule has 0 unspecified atom stereocenters. The van der Waals surface area contributed by atoms with Crippen molar-refractivity contribution in [2.45, 2.75) is 19.5 Å². The second kappa shape index (κ2) is 4.87. The van der Waals surface area contributed by atoms with E-state index in [9.17, 15) is 18.0 Å². The summed E-state index contributed by atoms with van der Waals surface area (Å²) in [6.07, 6.45) is -3.28. The first-order chi connectivity index (χ1) is 8.97. The SMILES string of the molecule is CCc1noc(-c2ccc(C(F)(F)F)cc2)c1C=O. The van der Waals surface area contributed by atoms with Gasteiger partial charge in [-0.2, -0.15) is 13.2 Å². The van der Waals surface area contributed by atoms with Crippen LogP contribution in [0.4, 0.5) is 13.2 Å². The van der Waals surface area contributed by atoms with Crippen LogP contribution in [0.25, 0.3) is 11.3 Å². The first-order valence-corrected chi connectivity index (χ1v) is 5.58. The molecule has 19 heavy (non-hydrogen) atoms. The summed E-state index contributed by atoms with van der Waals surface area (Å²) in [6.45, 7) is 1.81. The maximum absolute atomic E-state index is 12.4. The lowest BCUT2D eigenvalue weighted by molar-refractivity contribution is -0.137. The van der Waals surface area contributed by atoms with E-state index in [0.29, 0.717) is 24.0 Å². The van der Waals surface area contributed by atoms with Gasteiger partial charge in [0, 0.05) is 5.56 Å². The van der Waals surface area contributed by atoms with E-state index in [0.717, 1.165) is 12.1 Å². The molecule has 0 saturated heterocycles. The molecule has 1 heterocycles. The second-order valence-electron chi connectivity index (χ2n) is 3.92. The van der Waals surface area contributed by atoms with E-state index >= 15 is 0 Å². The lowest BCUT2D eigenvalue weighted by Gasteiger charge is -2.06. The van der Waals surface area contributed by atoms with E-state index in [1.54, 1.807) is 6.92 Å². The molecule has 0 amide bonds. The van der Waals surface area contributed by atoms with Gasteiger partial charge in [0.25, 0.3) is 0 Å². The third-order valence-corrected chi connectivity index (χ3v) is 2.73. The molecule has 0 aliphatic heterocycles. The molecule has 0 atom stereocenters. The molecule has 2 aromatic rings. The molecule has 0 N–H and O–H groups in total. The fourth-order valence-corrected chi connectivity index (χ4v) is 1.73. The Morgan fingerprint density at radius 2 is 1.89 bits per heavy atom. The topological polar surface area (TPSA) is 43.1 Å². The number of rotatable bonds is 3. The van der Waals surface area contributed by atoms with Gasteiger partial charge in [-0.05, 0) is 18.6 Å². The van der Waals surface area contributed by atoms with Gasteiger partial charge in [0.15, 0.2) is 12.0 Å². The van der Waals surface area contributed by atoms with Crippen LogP contribution in [-0.4, -0.2) is 11.4 Å². The average molecular weight is 269 g/mol. The van der Waals surface area contributed by atoms with E-state index in [1.165, 1.54) is 12.1 Å². The Kier molecular flexibility index (Phi) is 3.42. The molecule has 6 heteroatoms. The number of aromatic nitrogens is 1. The fraction of sp³-hybridized carbons (Fsp3) is 0.231. The van der Waals surface area contributed by atoms with Crippen LogP contribution >= 0.6 is 0 Å². The molecule has 1 aromatic heterocycles. The number of benzene rings is 1. The van der Waals surface area contributed by atoms with Crippen LogP contribution in [0.3, 0.4) is 0 Å². The predicted molar refractivity (Wildman–Crippen MR) is 61.7 cm³/mol. The number of carbonyl (C=O) groups is 1. The molecule has 0 saturated carbocycles. The number of hydrogen-bond acceptors (Lipinski definition) is 3. The van der Waals surface area contributed by atoms with E-state index in [1.807, 2.05) is 0 Å². The van der Waals surface area contributed by atoms with Crippen LogP contribution in [-0.2, 0) is 12.6 Å². The van der Waals surface area contributed by atoms with Gasteiger partial charge >= 0.3 is 6.18 Å². The van der Waals surface area contributed by atoms with Gasteiger partial charge in [0.2, 0.25) is 0 Å². The summed E-state index contributed by atoms with van der Waals surface area (Å²) in [6, 6.07) is 4.40. The van der Waals surface area contributed by atoms with Crippen molar-refractivity contribution in [2.24, 2.45) is 0 Å². The highest BCUT2D eigenvalue weighted by atomic mass is 19.4. The number of hydrogen-bond donors (Lipinski definition) is 0. The van der Waals surface area contributed by atoms with Gasteiger partial charge in [-0.25, -0.2) is 0 Å². The van der Waals surface area contributed by atoms with Crippen molar-refractivity contribution >= 4 is 6.29 Å². The van der Waals surface area contributed by atoms with Crippen LogP contribution in [0.1, 0.15) is 28.5 Å². The number of aryl methyl sites for hydroxylation is 1. The number of carbonyl (C=O) groups excluding carboxylic acids is 1. The normalized spacial score (nSPS) is 11.6. The summed E-state index contributed by atoms with van der Waals surface area (Å²) in [5.41, 5.74) is 0.411. The van der Waals surface area contributed by atoms with Crippen LogP contribution < -0.4 is 0 Å². The van der Waals surface area contributed by atoms with E-state index in [2.05, 4.69) is 5.16 Å². The van der Waals surface area contributed by atoms with Gasteiger partial charge in [-0.1, -0.05) is 24.2 Å². The minimum atomic E-state index is -4.39. The largest absolute Gasteiger partial charge is 0.416 e. The molecular weight excluding hydrogens is 259 g/mol. The van der Waals surface area contributed by atoms with E-state index < -0.39 is 11.7 Å². The summed E-state index contributed by atoms with van der Waals surface area (Å²) in [4.78, 5) is 11.0. The molecule has 0 fully saturated rings. The number of nitrogens with zero attached hydrogens (tertiary/aromatic N) is 1. The lowest BCUT2D eigenvalue weighted by atomic mass is 10.0. The fourth-order valence-electron chi connectivity index (χ4n) is 1.73. The van der Waals surface area contributed by atoms with Gasteiger partial charge < -0.3 is 4.52 Å². The zero-order chi connectivity index (χ0) is 14.0.